The quantitative estimate of drug-likeness (QED) is 0.109. The topological polar surface area (TPSA) is 201 Å². The van der Waals surface area contributed by atoms with E-state index in [-0.39, 0.29) is 47.2 Å². The minimum absolute atomic E-state index is 0.0453. The molecule has 3 fully saturated rings. The number of thiazole rings is 1. The fraction of sp³-hybridized carbons (Fsp3) is 0.488. The second kappa shape index (κ2) is 20.6. The molecule has 314 valence electrons. The largest absolute Gasteiger partial charge is 0.475 e. The molecule has 3 aliphatic rings. The molecule has 2 N–H and O–H groups in total. The normalized spacial score (nSPS) is 16.6. The van der Waals surface area contributed by atoms with Crippen molar-refractivity contribution in [2.24, 2.45) is 0 Å². The summed E-state index contributed by atoms with van der Waals surface area (Å²) in [5, 5.41) is 7.65. The number of nitrogens with zero attached hydrogens (tertiary/aromatic N) is 4. The molecule has 0 radical (unpaired) electrons. The highest BCUT2D eigenvalue weighted by Gasteiger charge is 2.32. The van der Waals surface area contributed by atoms with Crippen molar-refractivity contribution in [3.63, 3.8) is 0 Å². The lowest BCUT2D eigenvalue weighted by atomic mass is 9.96. The molecule has 2 amide bonds. The maximum absolute atomic E-state index is 14.6. The van der Waals surface area contributed by atoms with Gasteiger partial charge in [-0.05, 0) is 25.1 Å². The lowest BCUT2D eigenvalue weighted by molar-refractivity contribution is -0.0167. The molecular weight excluding hydrogens is 785 g/mol. The summed E-state index contributed by atoms with van der Waals surface area (Å²) in [6, 6.07) is 4.67. The van der Waals surface area contributed by atoms with Gasteiger partial charge in [0.2, 0.25) is 11.8 Å². The number of rotatable bonds is 15. The molecule has 7 rings (SSSR count). The van der Waals surface area contributed by atoms with Crippen LogP contribution in [-0.2, 0) is 28.4 Å². The average molecular weight is 833 g/mol. The van der Waals surface area contributed by atoms with Crippen LogP contribution in [0.4, 0.5) is 10.6 Å². The Morgan fingerprint density at radius 1 is 0.797 bits per heavy atom. The van der Waals surface area contributed by atoms with Crippen LogP contribution in [0.1, 0.15) is 66.2 Å². The lowest BCUT2D eigenvalue weighted by Crippen LogP contribution is -2.31. The molecule has 0 atom stereocenters. The molecule has 0 unspecified atom stereocenters. The van der Waals surface area contributed by atoms with E-state index in [0.717, 1.165) is 0 Å². The average Bonchev–Trinajstić information content (AvgIpc) is 3.75. The van der Waals surface area contributed by atoms with Gasteiger partial charge in [-0.2, -0.15) is 0 Å². The van der Waals surface area contributed by atoms with Crippen LogP contribution in [0, 0.1) is 0 Å². The number of urea groups is 1. The van der Waals surface area contributed by atoms with Crippen molar-refractivity contribution in [1.82, 2.24) is 25.3 Å². The van der Waals surface area contributed by atoms with Crippen molar-refractivity contribution in [3.05, 3.63) is 53.3 Å². The van der Waals surface area contributed by atoms with Gasteiger partial charge in [0.25, 0.3) is 0 Å². The number of carbonyl (C=O) groups excluding carboxylic acids is 3. The third-order valence-electron chi connectivity index (χ3n) is 9.85. The molecular formula is C41H48N6O11S. The van der Waals surface area contributed by atoms with Crippen LogP contribution in [0.15, 0.2) is 42.2 Å². The predicted octanol–water partition coefficient (Wildman–Crippen LogP) is 5.73. The smallest absolute Gasteiger partial charge is 0.342 e. The Balaban J connectivity index is 1.41. The van der Waals surface area contributed by atoms with Gasteiger partial charge in [0.1, 0.15) is 41.3 Å². The van der Waals surface area contributed by atoms with E-state index in [1.165, 1.54) is 23.7 Å². The van der Waals surface area contributed by atoms with Crippen LogP contribution in [0.3, 0.4) is 0 Å². The summed E-state index contributed by atoms with van der Waals surface area (Å²) >= 11 is 1.25. The van der Waals surface area contributed by atoms with Crippen LogP contribution in [0.25, 0.3) is 33.0 Å². The summed E-state index contributed by atoms with van der Waals surface area (Å²) in [4.78, 5) is 60.3. The summed E-state index contributed by atoms with van der Waals surface area (Å²) in [6.45, 7) is 5.58. The van der Waals surface area contributed by atoms with Gasteiger partial charge in [-0.3, -0.25) is 5.32 Å². The molecule has 0 aliphatic carbocycles. The number of anilines is 1. The summed E-state index contributed by atoms with van der Waals surface area (Å²) in [6.07, 6.45) is 6.92. The van der Waals surface area contributed by atoms with Crippen molar-refractivity contribution in [2.75, 3.05) is 71.8 Å². The number of hydrogen-bond acceptors (Lipinski definition) is 16. The van der Waals surface area contributed by atoms with Gasteiger partial charge in [0.15, 0.2) is 0 Å². The molecule has 0 saturated carbocycles. The number of ether oxygens (including phenoxy) is 8. The third kappa shape index (κ3) is 10.7. The Kier molecular flexibility index (Phi) is 14.6. The fourth-order valence-electron chi connectivity index (χ4n) is 6.80. The van der Waals surface area contributed by atoms with Gasteiger partial charge in [-0.15, -0.1) is 11.3 Å². The molecule has 3 aliphatic heterocycles. The Bertz CT molecular complexity index is 2060. The summed E-state index contributed by atoms with van der Waals surface area (Å²) in [5.74, 6) is -0.802. The molecule has 18 heteroatoms. The zero-order chi connectivity index (χ0) is 41.0. The number of methoxy groups -OCH3 is 1. The Hall–Kier alpha value is -5.27. The molecule has 4 aromatic rings. The van der Waals surface area contributed by atoms with Crippen LogP contribution in [-0.4, -0.2) is 123 Å². The zero-order valence-electron chi connectivity index (χ0n) is 33.1. The Labute approximate surface area is 345 Å². The van der Waals surface area contributed by atoms with E-state index in [9.17, 15) is 14.4 Å². The van der Waals surface area contributed by atoms with Crippen molar-refractivity contribution >= 4 is 35.1 Å². The van der Waals surface area contributed by atoms with E-state index in [1.807, 2.05) is 11.4 Å². The first kappa shape index (κ1) is 41.9. The minimum Gasteiger partial charge on any atom is -0.475 e. The summed E-state index contributed by atoms with van der Waals surface area (Å²) in [5.41, 5.74) is 2.23. The van der Waals surface area contributed by atoms with Gasteiger partial charge in [0, 0.05) is 92.8 Å². The monoisotopic (exact) mass is 832 g/mol. The lowest BCUT2D eigenvalue weighted by Gasteiger charge is -2.26. The second-order valence-electron chi connectivity index (χ2n) is 13.9. The van der Waals surface area contributed by atoms with E-state index in [1.54, 1.807) is 32.4 Å². The maximum Gasteiger partial charge on any atom is 0.342 e. The van der Waals surface area contributed by atoms with E-state index in [0.29, 0.717) is 125 Å². The molecule has 17 nitrogen and oxygen atoms in total. The standard InChI is InChI=1S/C41H48N6O11S/c1-3-42-41(50)47-35-34(40(49)58-28-10-17-54-18-11-28)33(38-46-32(24-59-38)29-5-4-12-43-36(29)55-20-19-51-2)31(23-44-35)30-21-25(39(48)57-27-8-15-53-16-9-27)22-45-37(30)56-26-6-13-52-14-7-26/h4-5,12,21-24,26-28H,3,6-11,13-20H2,1-2H3,(H2,42,44,47,50). The molecule has 4 aromatic heterocycles. The van der Waals surface area contributed by atoms with E-state index >= 15 is 0 Å². The number of pyridine rings is 3. The van der Waals surface area contributed by atoms with E-state index in [4.69, 9.17) is 42.9 Å². The molecule has 0 aromatic carbocycles. The zero-order valence-corrected chi connectivity index (χ0v) is 33.9. The number of aromatic nitrogens is 4. The SMILES string of the molecule is CCNC(=O)Nc1ncc(-c2cc(C(=O)OC3CCOCC3)cnc2OC2CCOCC2)c(-c2nc(-c3cccnc3OCCOC)cs2)c1C(=O)OC1CCOCC1. The predicted molar refractivity (Wildman–Crippen MR) is 215 cm³/mol. The number of nitrogens with one attached hydrogen (secondary N) is 2. The highest BCUT2D eigenvalue weighted by molar-refractivity contribution is 7.13. The van der Waals surface area contributed by atoms with Crippen molar-refractivity contribution in [1.29, 1.82) is 0 Å². The van der Waals surface area contributed by atoms with Gasteiger partial charge < -0.3 is 43.2 Å². The van der Waals surface area contributed by atoms with E-state index < -0.39 is 24.1 Å². The van der Waals surface area contributed by atoms with Crippen LogP contribution >= 0.6 is 11.3 Å². The Morgan fingerprint density at radius 2 is 1.47 bits per heavy atom. The summed E-state index contributed by atoms with van der Waals surface area (Å²) in [7, 11) is 1.59. The van der Waals surface area contributed by atoms with Crippen LogP contribution < -0.4 is 20.1 Å². The van der Waals surface area contributed by atoms with Crippen molar-refractivity contribution in [2.45, 2.75) is 63.8 Å². The highest BCUT2D eigenvalue weighted by Crippen LogP contribution is 2.44. The minimum atomic E-state index is -0.732. The second-order valence-corrected chi connectivity index (χ2v) is 14.8. The first-order valence-electron chi connectivity index (χ1n) is 19.8. The first-order valence-corrected chi connectivity index (χ1v) is 20.7. The number of hydrogen-bond donors (Lipinski definition) is 2. The summed E-state index contributed by atoms with van der Waals surface area (Å²) < 4.78 is 46.3. The molecule has 7 heterocycles. The van der Waals surface area contributed by atoms with Crippen LogP contribution in [0.5, 0.6) is 11.8 Å². The highest BCUT2D eigenvalue weighted by atomic mass is 32.1. The van der Waals surface area contributed by atoms with Crippen LogP contribution in [0.2, 0.25) is 0 Å². The fourth-order valence-corrected chi connectivity index (χ4v) is 7.68. The number of carbonyl (C=O) groups is 3. The molecule has 3 saturated heterocycles. The molecule has 0 spiro atoms. The van der Waals surface area contributed by atoms with Gasteiger partial charge >= 0.3 is 18.0 Å². The van der Waals surface area contributed by atoms with E-state index in [2.05, 4.69) is 25.6 Å². The number of esters is 2. The third-order valence-corrected chi connectivity index (χ3v) is 10.7. The molecule has 0 bridgehead atoms. The van der Waals surface area contributed by atoms with Gasteiger partial charge in [-0.25, -0.2) is 34.3 Å². The van der Waals surface area contributed by atoms with Gasteiger partial charge in [-0.1, -0.05) is 0 Å². The van der Waals surface area contributed by atoms with Crippen molar-refractivity contribution in [3.8, 4) is 44.7 Å². The Morgan fingerprint density at radius 3 is 2.15 bits per heavy atom. The number of amides is 2. The maximum atomic E-state index is 14.6. The first-order chi connectivity index (χ1) is 28.9. The molecule has 59 heavy (non-hydrogen) atoms. The van der Waals surface area contributed by atoms with Gasteiger partial charge in [0.05, 0.1) is 63.1 Å². The van der Waals surface area contributed by atoms with Crippen molar-refractivity contribution < 1.29 is 52.3 Å².